The number of aromatic nitrogens is 2. The predicted molar refractivity (Wildman–Crippen MR) is 124 cm³/mol. The van der Waals surface area contributed by atoms with Crippen LogP contribution in [0.25, 0.3) is 10.9 Å². The molecule has 2 amide bonds. The lowest BCUT2D eigenvalue weighted by molar-refractivity contribution is -0.155. The fourth-order valence-electron chi connectivity index (χ4n) is 3.84. The maximum absolute atomic E-state index is 13.2. The normalized spacial score (nSPS) is 16.3. The number of amides is 2. The molecular formula is C23H24ClN5O4. The molecule has 2 aromatic carbocycles. The Labute approximate surface area is 196 Å². The molecule has 1 aliphatic rings. The summed E-state index contributed by atoms with van der Waals surface area (Å²) in [7, 11) is 1.50. The van der Waals surface area contributed by atoms with Crippen molar-refractivity contribution >= 4 is 40.1 Å². The van der Waals surface area contributed by atoms with Gasteiger partial charge in [-0.25, -0.2) is 9.97 Å². The summed E-state index contributed by atoms with van der Waals surface area (Å²) in [5.41, 5.74) is 7.52. The van der Waals surface area contributed by atoms with Crippen molar-refractivity contribution in [2.45, 2.75) is 12.6 Å². The summed E-state index contributed by atoms with van der Waals surface area (Å²) < 4.78 is 10.8. The van der Waals surface area contributed by atoms with Crippen LogP contribution in [0.2, 0.25) is 5.02 Å². The monoisotopic (exact) mass is 469 g/mol. The average Bonchev–Trinajstić information content (AvgIpc) is 2.80. The number of fused-ring (bicyclic) bond motifs is 1. The van der Waals surface area contributed by atoms with Crippen molar-refractivity contribution < 1.29 is 19.1 Å². The Kier molecular flexibility index (Phi) is 6.90. The highest BCUT2D eigenvalue weighted by atomic mass is 35.5. The van der Waals surface area contributed by atoms with Crippen molar-refractivity contribution in [1.82, 2.24) is 19.8 Å². The van der Waals surface area contributed by atoms with Gasteiger partial charge in [0.25, 0.3) is 5.91 Å². The number of hydrogen-bond acceptors (Lipinski definition) is 7. The van der Waals surface area contributed by atoms with Crippen molar-refractivity contribution in [3.63, 3.8) is 0 Å². The van der Waals surface area contributed by atoms with Gasteiger partial charge in [-0.1, -0.05) is 23.7 Å². The highest BCUT2D eigenvalue weighted by molar-refractivity contribution is 6.30. The van der Waals surface area contributed by atoms with Crippen molar-refractivity contribution in [2.24, 2.45) is 0 Å². The number of hydrogen-bond donors (Lipinski definition) is 1. The van der Waals surface area contributed by atoms with Crippen molar-refractivity contribution in [2.75, 3.05) is 39.1 Å². The minimum absolute atomic E-state index is 0.0969. The van der Waals surface area contributed by atoms with Gasteiger partial charge in [0.2, 0.25) is 5.91 Å². The van der Waals surface area contributed by atoms with Gasteiger partial charge in [-0.2, -0.15) is 0 Å². The highest BCUT2D eigenvalue weighted by Gasteiger charge is 2.37. The Morgan fingerprint density at radius 2 is 2.06 bits per heavy atom. The minimum atomic E-state index is -0.724. The molecule has 4 rings (SSSR count). The van der Waals surface area contributed by atoms with Crippen LogP contribution in [-0.4, -0.2) is 71.0 Å². The van der Waals surface area contributed by atoms with Gasteiger partial charge in [0.1, 0.15) is 23.9 Å². The largest absolute Gasteiger partial charge is 0.484 e. The van der Waals surface area contributed by atoms with Gasteiger partial charge in [0.05, 0.1) is 12.1 Å². The fourth-order valence-corrected chi connectivity index (χ4v) is 4.02. The van der Waals surface area contributed by atoms with E-state index in [1.54, 1.807) is 29.2 Å². The van der Waals surface area contributed by atoms with E-state index in [-0.39, 0.29) is 25.0 Å². The minimum Gasteiger partial charge on any atom is -0.484 e. The van der Waals surface area contributed by atoms with Crippen LogP contribution in [-0.2, 0) is 20.9 Å². The highest BCUT2D eigenvalue weighted by Crippen LogP contribution is 2.21. The van der Waals surface area contributed by atoms with E-state index in [4.69, 9.17) is 26.8 Å². The number of nitrogens with zero attached hydrogens (tertiary/aromatic N) is 4. The van der Waals surface area contributed by atoms with Crippen LogP contribution in [0.3, 0.4) is 0 Å². The van der Waals surface area contributed by atoms with Gasteiger partial charge in [-0.05, 0) is 35.9 Å². The zero-order valence-electron chi connectivity index (χ0n) is 18.1. The molecule has 1 aliphatic heterocycles. The maximum Gasteiger partial charge on any atom is 0.261 e. The van der Waals surface area contributed by atoms with Crippen LogP contribution in [0.1, 0.15) is 5.56 Å². The molecular weight excluding hydrogens is 446 g/mol. The van der Waals surface area contributed by atoms with Gasteiger partial charge < -0.3 is 25.0 Å². The van der Waals surface area contributed by atoms with E-state index < -0.39 is 6.04 Å². The third-order valence-corrected chi connectivity index (χ3v) is 5.73. The first-order valence-electron chi connectivity index (χ1n) is 10.4. The maximum atomic E-state index is 13.2. The first-order valence-corrected chi connectivity index (χ1v) is 10.8. The molecule has 1 aromatic heterocycles. The SMILES string of the molecule is COC[C@H]1C(=O)N(Cc2ccc3c(N)ncnc3c2)CCN1C(=O)COc1cccc(Cl)c1. The molecule has 172 valence electrons. The number of rotatable bonds is 7. The lowest BCUT2D eigenvalue weighted by Gasteiger charge is -2.40. The van der Waals surface area contributed by atoms with Crippen molar-refractivity contribution in [3.05, 3.63) is 59.4 Å². The number of anilines is 1. The molecule has 1 atom stereocenters. The summed E-state index contributed by atoms with van der Waals surface area (Å²) >= 11 is 5.96. The average molecular weight is 470 g/mol. The smallest absolute Gasteiger partial charge is 0.261 e. The molecule has 1 fully saturated rings. The molecule has 0 spiro atoms. The molecule has 9 nitrogen and oxygen atoms in total. The molecule has 2 heterocycles. The molecule has 0 bridgehead atoms. The predicted octanol–water partition coefficient (Wildman–Crippen LogP) is 2.13. The molecule has 10 heteroatoms. The first-order chi connectivity index (χ1) is 16.0. The number of piperazine rings is 1. The molecule has 0 aliphatic carbocycles. The molecule has 2 N–H and O–H groups in total. The van der Waals surface area contributed by atoms with Crippen LogP contribution >= 0.6 is 11.6 Å². The summed E-state index contributed by atoms with van der Waals surface area (Å²) in [6, 6.07) is 11.7. The molecule has 1 saturated heterocycles. The Hall–Kier alpha value is -3.43. The second-order valence-corrected chi connectivity index (χ2v) is 8.11. The molecule has 33 heavy (non-hydrogen) atoms. The number of methoxy groups -OCH3 is 1. The van der Waals surface area contributed by atoms with Crippen molar-refractivity contribution in [3.8, 4) is 5.75 Å². The fraction of sp³-hybridized carbons (Fsp3) is 0.304. The van der Waals surface area contributed by atoms with E-state index in [1.807, 2.05) is 18.2 Å². The van der Waals surface area contributed by atoms with Gasteiger partial charge in [0.15, 0.2) is 6.61 Å². The summed E-state index contributed by atoms with van der Waals surface area (Å²) in [4.78, 5) is 37.5. The topological polar surface area (TPSA) is 111 Å². The standard InChI is InChI=1S/C23H24ClN5O4/c1-32-12-20-23(31)28(11-15-5-6-18-19(9-15)26-14-27-22(18)25)7-8-29(20)21(30)13-33-17-4-2-3-16(24)10-17/h2-6,9-10,14,20H,7-8,11-13H2,1H3,(H2,25,26,27)/t20-/m0/s1. The Morgan fingerprint density at radius 1 is 1.21 bits per heavy atom. The number of nitrogen functional groups attached to an aromatic ring is 1. The van der Waals surface area contributed by atoms with E-state index in [9.17, 15) is 9.59 Å². The Morgan fingerprint density at radius 3 is 2.85 bits per heavy atom. The number of benzene rings is 2. The summed E-state index contributed by atoms with van der Waals surface area (Å²) in [6.45, 7) is 1.06. The van der Waals surface area contributed by atoms with E-state index >= 15 is 0 Å². The van der Waals surface area contributed by atoms with Crippen LogP contribution in [0.15, 0.2) is 48.8 Å². The molecule has 0 unspecified atom stereocenters. The summed E-state index contributed by atoms with van der Waals surface area (Å²) in [5, 5.41) is 1.28. The summed E-state index contributed by atoms with van der Waals surface area (Å²) in [5.74, 6) is 0.434. The lowest BCUT2D eigenvalue weighted by atomic mass is 10.1. The number of nitrogens with two attached hydrogens (primary N) is 1. The zero-order valence-corrected chi connectivity index (χ0v) is 18.9. The first kappa shape index (κ1) is 22.8. The molecule has 0 radical (unpaired) electrons. The van der Waals surface area contributed by atoms with Crippen LogP contribution < -0.4 is 10.5 Å². The van der Waals surface area contributed by atoms with Gasteiger partial charge >= 0.3 is 0 Å². The Balaban J connectivity index is 1.44. The summed E-state index contributed by atoms with van der Waals surface area (Å²) in [6.07, 6.45) is 1.41. The van der Waals surface area contributed by atoms with E-state index in [1.165, 1.54) is 18.3 Å². The van der Waals surface area contributed by atoms with Gasteiger partial charge in [-0.15, -0.1) is 0 Å². The number of ether oxygens (including phenoxy) is 2. The van der Waals surface area contributed by atoms with Crippen LogP contribution in [0.5, 0.6) is 5.75 Å². The second-order valence-electron chi connectivity index (χ2n) is 7.67. The molecule has 0 saturated carbocycles. The van der Waals surface area contributed by atoms with E-state index in [0.717, 1.165) is 10.9 Å². The number of carbonyl (C=O) groups excluding carboxylic acids is 2. The van der Waals surface area contributed by atoms with Gasteiger partial charge in [0, 0.05) is 37.2 Å². The number of carbonyl (C=O) groups is 2. The van der Waals surface area contributed by atoms with E-state index in [2.05, 4.69) is 9.97 Å². The van der Waals surface area contributed by atoms with Gasteiger partial charge in [-0.3, -0.25) is 9.59 Å². The second kappa shape index (κ2) is 10.0. The van der Waals surface area contributed by atoms with E-state index in [0.29, 0.717) is 41.7 Å². The third kappa shape index (κ3) is 5.15. The lowest BCUT2D eigenvalue weighted by Crippen LogP contribution is -2.60. The number of halogens is 1. The zero-order chi connectivity index (χ0) is 23.4. The van der Waals surface area contributed by atoms with Crippen LogP contribution in [0.4, 0.5) is 5.82 Å². The Bertz CT molecular complexity index is 1170. The molecule has 3 aromatic rings. The quantitative estimate of drug-likeness (QED) is 0.564. The van der Waals surface area contributed by atoms with Crippen molar-refractivity contribution in [1.29, 1.82) is 0 Å². The third-order valence-electron chi connectivity index (χ3n) is 5.49. The van der Waals surface area contributed by atoms with Crippen LogP contribution in [0, 0.1) is 0 Å².